The molecule has 0 aliphatic heterocycles. The van der Waals surface area contributed by atoms with Gasteiger partial charge in [-0.15, -0.1) is 0 Å². The van der Waals surface area contributed by atoms with E-state index in [9.17, 15) is 17.6 Å². The van der Waals surface area contributed by atoms with E-state index in [0.717, 1.165) is 12.1 Å². The van der Waals surface area contributed by atoms with E-state index in [1.807, 2.05) is 4.72 Å². The first-order chi connectivity index (χ1) is 8.77. The fourth-order valence-corrected chi connectivity index (χ4v) is 3.30. The number of aliphatic carboxylic acids is 1. The molecule has 0 radical (unpaired) electrons. The maximum atomic E-state index is 13.5. The van der Waals surface area contributed by atoms with Crippen LogP contribution >= 0.6 is 15.9 Å². The summed E-state index contributed by atoms with van der Waals surface area (Å²) in [4.78, 5) is 10.3. The van der Waals surface area contributed by atoms with Crippen LogP contribution < -0.4 is 4.72 Å². The summed E-state index contributed by atoms with van der Waals surface area (Å²) in [5.74, 6) is -2.22. The molecule has 0 spiro atoms. The lowest BCUT2D eigenvalue weighted by Gasteiger charge is -2.14. The van der Waals surface area contributed by atoms with Crippen molar-refractivity contribution in [2.75, 3.05) is 0 Å². The van der Waals surface area contributed by atoms with Gasteiger partial charge >= 0.3 is 5.97 Å². The van der Waals surface area contributed by atoms with E-state index in [-0.39, 0.29) is 6.42 Å². The van der Waals surface area contributed by atoms with Crippen LogP contribution in [0, 0.1) is 5.82 Å². The highest BCUT2D eigenvalue weighted by Crippen LogP contribution is 2.20. The van der Waals surface area contributed by atoms with Gasteiger partial charge in [0.05, 0.1) is 0 Å². The summed E-state index contributed by atoms with van der Waals surface area (Å²) in [6.07, 6.45) is 0.616. The highest BCUT2D eigenvalue weighted by Gasteiger charge is 2.26. The number of rotatable bonds is 6. The van der Waals surface area contributed by atoms with E-state index in [0.29, 0.717) is 10.9 Å². The molecule has 0 fully saturated rings. The molecule has 1 aromatic rings. The topological polar surface area (TPSA) is 83.5 Å². The van der Waals surface area contributed by atoms with E-state index in [2.05, 4.69) is 15.9 Å². The highest BCUT2D eigenvalue weighted by atomic mass is 79.9. The van der Waals surface area contributed by atoms with Crippen molar-refractivity contribution < 1.29 is 22.7 Å². The van der Waals surface area contributed by atoms with Crippen molar-refractivity contribution in [3.63, 3.8) is 0 Å². The second-order valence-electron chi connectivity index (χ2n) is 3.88. The highest BCUT2D eigenvalue weighted by molar-refractivity contribution is 9.10. The lowest BCUT2D eigenvalue weighted by atomic mass is 10.2. The van der Waals surface area contributed by atoms with Crippen molar-refractivity contribution in [2.45, 2.75) is 30.7 Å². The second kappa shape index (κ2) is 6.44. The predicted octanol–water partition coefficient (Wildman–Crippen LogP) is 2.12. The minimum absolute atomic E-state index is 0.129. The third-order valence-corrected chi connectivity index (χ3v) is 4.34. The van der Waals surface area contributed by atoms with Gasteiger partial charge in [-0.05, 0) is 24.6 Å². The van der Waals surface area contributed by atoms with Gasteiger partial charge in [-0.2, -0.15) is 4.72 Å². The molecule has 1 unspecified atom stereocenters. The number of carbonyl (C=O) groups is 1. The first-order valence-electron chi connectivity index (χ1n) is 5.48. The van der Waals surface area contributed by atoms with E-state index >= 15 is 0 Å². The average molecular weight is 354 g/mol. The Morgan fingerprint density at radius 1 is 1.53 bits per heavy atom. The lowest BCUT2D eigenvalue weighted by molar-refractivity contribution is -0.139. The Labute approximate surface area is 119 Å². The largest absolute Gasteiger partial charge is 0.480 e. The number of nitrogens with one attached hydrogen (secondary N) is 1. The van der Waals surface area contributed by atoms with Crippen LogP contribution in [0.5, 0.6) is 0 Å². The monoisotopic (exact) mass is 353 g/mol. The number of hydrogen-bond acceptors (Lipinski definition) is 3. The van der Waals surface area contributed by atoms with E-state index in [1.165, 1.54) is 6.07 Å². The first kappa shape index (κ1) is 16.1. The molecule has 0 heterocycles. The summed E-state index contributed by atoms with van der Waals surface area (Å²) in [7, 11) is -4.22. The van der Waals surface area contributed by atoms with Crippen LogP contribution in [0.15, 0.2) is 27.6 Å². The molecular weight excluding hydrogens is 341 g/mol. The fraction of sp³-hybridized carbons (Fsp3) is 0.364. The van der Waals surface area contributed by atoms with Crippen molar-refractivity contribution in [3.05, 3.63) is 28.5 Å². The smallest absolute Gasteiger partial charge is 0.321 e. The van der Waals surface area contributed by atoms with Gasteiger partial charge in [0, 0.05) is 4.47 Å². The fourth-order valence-electron chi connectivity index (χ4n) is 1.46. The number of carboxylic acid groups (broad SMARTS) is 1. The minimum Gasteiger partial charge on any atom is -0.480 e. The van der Waals surface area contributed by atoms with E-state index in [4.69, 9.17) is 5.11 Å². The molecule has 0 amide bonds. The molecule has 1 rings (SSSR count). The summed E-state index contributed by atoms with van der Waals surface area (Å²) in [6.45, 7) is 1.73. The molecule has 8 heteroatoms. The zero-order chi connectivity index (χ0) is 14.6. The third kappa shape index (κ3) is 4.26. The second-order valence-corrected chi connectivity index (χ2v) is 6.47. The Morgan fingerprint density at radius 2 is 2.16 bits per heavy atom. The molecule has 2 N–H and O–H groups in total. The SMILES string of the molecule is CCCC(NS(=O)(=O)c1cc(Br)ccc1F)C(=O)O. The van der Waals surface area contributed by atoms with Crippen molar-refractivity contribution in [1.82, 2.24) is 4.72 Å². The van der Waals surface area contributed by atoms with Crippen LogP contribution in [0.1, 0.15) is 19.8 Å². The zero-order valence-electron chi connectivity index (χ0n) is 10.1. The summed E-state index contributed by atoms with van der Waals surface area (Å²) < 4.78 is 39.8. The van der Waals surface area contributed by atoms with E-state index < -0.39 is 32.7 Å². The van der Waals surface area contributed by atoms with Crippen LogP contribution in [-0.2, 0) is 14.8 Å². The molecule has 1 atom stereocenters. The zero-order valence-corrected chi connectivity index (χ0v) is 12.5. The molecule has 0 bridgehead atoms. The molecule has 5 nitrogen and oxygen atoms in total. The molecule has 106 valence electrons. The van der Waals surface area contributed by atoms with Gasteiger partial charge in [-0.25, -0.2) is 12.8 Å². The van der Waals surface area contributed by atoms with Gasteiger partial charge in [0.1, 0.15) is 16.8 Å². The predicted molar refractivity (Wildman–Crippen MR) is 70.8 cm³/mol. The van der Waals surface area contributed by atoms with Crippen LogP contribution in [0.25, 0.3) is 0 Å². The Morgan fingerprint density at radius 3 is 2.68 bits per heavy atom. The van der Waals surface area contributed by atoms with Gasteiger partial charge in [0.2, 0.25) is 10.0 Å². The van der Waals surface area contributed by atoms with Crippen molar-refractivity contribution in [1.29, 1.82) is 0 Å². The van der Waals surface area contributed by atoms with Gasteiger partial charge < -0.3 is 5.11 Å². The van der Waals surface area contributed by atoms with Crippen LogP contribution in [0.2, 0.25) is 0 Å². The van der Waals surface area contributed by atoms with Crippen molar-refractivity contribution >= 4 is 31.9 Å². The van der Waals surface area contributed by atoms with Gasteiger partial charge in [-0.1, -0.05) is 29.3 Å². The number of carboxylic acids is 1. The first-order valence-corrected chi connectivity index (χ1v) is 7.75. The summed E-state index contributed by atoms with van der Waals surface area (Å²) in [5, 5.41) is 8.91. The number of benzene rings is 1. The summed E-state index contributed by atoms with van der Waals surface area (Å²) in [6, 6.07) is 2.17. The Kier molecular flexibility index (Phi) is 5.45. The van der Waals surface area contributed by atoms with E-state index in [1.54, 1.807) is 6.92 Å². The average Bonchev–Trinajstić information content (AvgIpc) is 2.31. The molecule has 0 aliphatic carbocycles. The molecule has 0 saturated heterocycles. The lowest BCUT2D eigenvalue weighted by Crippen LogP contribution is -2.40. The molecule has 0 saturated carbocycles. The Bertz CT molecular complexity index is 576. The maximum absolute atomic E-state index is 13.5. The van der Waals surface area contributed by atoms with Gasteiger partial charge in [0.25, 0.3) is 0 Å². The van der Waals surface area contributed by atoms with Crippen molar-refractivity contribution in [3.8, 4) is 0 Å². The van der Waals surface area contributed by atoms with Crippen LogP contribution in [-0.4, -0.2) is 25.5 Å². The molecule has 0 aliphatic rings. The molecular formula is C11H13BrFNO4S. The quantitative estimate of drug-likeness (QED) is 0.820. The van der Waals surface area contributed by atoms with Crippen LogP contribution in [0.3, 0.4) is 0 Å². The number of halogens is 2. The normalized spacial score (nSPS) is 13.2. The third-order valence-electron chi connectivity index (χ3n) is 2.36. The standard InChI is InChI=1S/C11H13BrFNO4S/c1-2-3-9(11(15)16)14-19(17,18)10-6-7(12)4-5-8(10)13/h4-6,9,14H,2-3H2,1H3,(H,15,16). The minimum atomic E-state index is -4.22. The van der Waals surface area contributed by atoms with Gasteiger partial charge in [0.15, 0.2) is 0 Å². The maximum Gasteiger partial charge on any atom is 0.321 e. The van der Waals surface area contributed by atoms with Gasteiger partial charge in [-0.3, -0.25) is 4.79 Å². The molecule has 19 heavy (non-hydrogen) atoms. The van der Waals surface area contributed by atoms with Crippen LogP contribution in [0.4, 0.5) is 4.39 Å². The molecule has 1 aromatic carbocycles. The molecule has 0 aromatic heterocycles. The Hall–Kier alpha value is -0.990. The number of sulfonamides is 1. The summed E-state index contributed by atoms with van der Waals surface area (Å²) >= 11 is 3.04. The van der Waals surface area contributed by atoms with Crippen molar-refractivity contribution in [2.24, 2.45) is 0 Å². The summed E-state index contributed by atoms with van der Waals surface area (Å²) in [5.41, 5.74) is 0. The number of hydrogen-bond donors (Lipinski definition) is 2. The Balaban J connectivity index is 3.10.